The number of rotatable bonds is 4. The minimum Gasteiger partial charge on any atom is -0.324 e. The number of carbonyl (C=O) groups excluding carboxylic acids is 1. The quantitative estimate of drug-likeness (QED) is 0.812. The fourth-order valence-electron chi connectivity index (χ4n) is 2.74. The number of hydrogen-bond acceptors (Lipinski definition) is 4. The van der Waals surface area contributed by atoms with Crippen molar-refractivity contribution in [1.29, 1.82) is 0 Å². The summed E-state index contributed by atoms with van der Waals surface area (Å²) in [5.41, 5.74) is 0.428. The first-order valence-electron chi connectivity index (χ1n) is 7.67. The van der Waals surface area contributed by atoms with Crippen LogP contribution in [0.4, 0.5) is 5.69 Å². The van der Waals surface area contributed by atoms with Crippen LogP contribution in [-0.2, 0) is 14.8 Å². The van der Waals surface area contributed by atoms with Crippen LogP contribution in [0.3, 0.4) is 0 Å². The molecule has 1 fully saturated rings. The van der Waals surface area contributed by atoms with Gasteiger partial charge in [-0.2, -0.15) is 4.31 Å². The molecule has 5 nitrogen and oxygen atoms in total. The molecule has 3 rings (SSSR count). The first kappa shape index (κ1) is 18.7. The van der Waals surface area contributed by atoms with Crippen LogP contribution >= 0.6 is 34.5 Å². The summed E-state index contributed by atoms with van der Waals surface area (Å²) >= 11 is 13.2. The van der Waals surface area contributed by atoms with Crippen molar-refractivity contribution >= 4 is 56.2 Å². The van der Waals surface area contributed by atoms with Crippen LogP contribution in [0.15, 0.2) is 39.9 Å². The standard InChI is InChI=1S/C16H16Cl2N2O3S2/c17-12-5-6-13(18)14(9-12)19-16(21)11-3-1-7-20(10-11)25(22,23)15-4-2-8-24-15/h2,4-6,8-9,11H,1,3,7,10H2,(H,19,21). The van der Waals surface area contributed by atoms with Gasteiger partial charge in [-0.15, -0.1) is 11.3 Å². The zero-order valence-corrected chi connectivity index (χ0v) is 16.3. The number of hydrogen-bond donors (Lipinski definition) is 1. The van der Waals surface area contributed by atoms with Crippen LogP contribution in [0, 0.1) is 5.92 Å². The molecule has 1 aromatic heterocycles. The zero-order chi connectivity index (χ0) is 18.0. The highest BCUT2D eigenvalue weighted by atomic mass is 35.5. The number of anilines is 1. The number of carbonyl (C=O) groups is 1. The van der Waals surface area contributed by atoms with Gasteiger partial charge in [0.25, 0.3) is 10.0 Å². The van der Waals surface area contributed by atoms with Gasteiger partial charge in [-0.25, -0.2) is 8.42 Å². The third kappa shape index (κ3) is 4.17. The van der Waals surface area contributed by atoms with Crippen LogP contribution in [-0.4, -0.2) is 31.7 Å². The number of amides is 1. The van der Waals surface area contributed by atoms with Gasteiger partial charge in [0.05, 0.1) is 16.6 Å². The van der Waals surface area contributed by atoms with Gasteiger partial charge < -0.3 is 5.32 Å². The molecule has 0 radical (unpaired) electrons. The van der Waals surface area contributed by atoms with Gasteiger partial charge in [-0.1, -0.05) is 29.3 Å². The van der Waals surface area contributed by atoms with Crippen molar-refractivity contribution in [3.63, 3.8) is 0 Å². The van der Waals surface area contributed by atoms with Crippen molar-refractivity contribution in [2.24, 2.45) is 5.92 Å². The van der Waals surface area contributed by atoms with E-state index in [2.05, 4.69) is 5.32 Å². The molecule has 1 atom stereocenters. The third-order valence-electron chi connectivity index (χ3n) is 4.03. The van der Waals surface area contributed by atoms with E-state index in [4.69, 9.17) is 23.2 Å². The van der Waals surface area contributed by atoms with E-state index in [0.717, 1.165) is 0 Å². The van der Waals surface area contributed by atoms with E-state index < -0.39 is 15.9 Å². The van der Waals surface area contributed by atoms with Crippen molar-refractivity contribution in [2.45, 2.75) is 17.1 Å². The SMILES string of the molecule is O=C(Nc1cc(Cl)ccc1Cl)C1CCCN(S(=O)(=O)c2cccs2)C1. The normalized spacial score (nSPS) is 18.9. The molecule has 1 unspecified atom stereocenters. The Balaban J connectivity index is 1.73. The molecule has 1 aliphatic rings. The maximum absolute atomic E-state index is 12.6. The molecular weight excluding hydrogens is 403 g/mol. The molecule has 1 aromatic carbocycles. The van der Waals surface area contributed by atoms with E-state index in [-0.39, 0.29) is 12.5 Å². The van der Waals surface area contributed by atoms with Crippen LogP contribution < -0.4 is 5.32 Å². The lowest BCUT2D eigenvalue weighted by molar-refractivity contribution is -0.120. The van der Waals surface area contributed by atoms with Crippen molar-refractivity contribution in [2.75, 3.05) is 18.4 Å². The lowest BCUT2D eigenvalue weighted by atomic mass is 9.99. The number of sulfonamides is 1. The maximum Gasteiger partial charge on any atom is 0.252 e. The predicted octanol–water partition coefficient (Wildman–Crippen LogP) is 4.09. The highest BCUT2D eigenvalue weighted by molar-refractivity contribution is 7.91. The van der Waals surface area contributed by atoms with Crippen LogP contribution in [0.1, 0.15) is 12.8 Å². The van der Waals surface area contributed by atoms with Crippen LogP contribution in [0.5, 0.6) is 0 Å². The maximum atomic E-state index is 12.6. The van der Waals surface area contributed by atoms with Gasteiger partial charge in [-0.05, 0) is 42.5 Å². The summed E-state index contributed by atoms with van der Waals surface area (Å²) in [6.07, 6.45) is 1.26. The zero-order valence-electron chi connectivity index (χ0n) is 13.1. The van der Waals surface area contributed by atoms with Gasteiger partial charge >= 0.3 is 0 Å². The second-order valence-corrected chi connectivity index (χ2v) is 9.70. The smallest absolute Gasteiger partial charge is 0.252 e. The second-order valence-electron chi connectivity index (χ2n) is 5.75. The van der Waals surface area contributed by atoms with Crippen molar-refractivity contribution in [3.8, 4) is 0 Å². The van der Waals surface area contributed by atoms with E-state index >= 15 is 0 Å². The lowest BCUT2D eigenvalue weighted by Gasteiger charge is -2.30. The molecule has 1 aliphatic heterocycles. The molecule has 9 heteroatoms. The van der Waals surface area contributed by atoms with E-state index in [9.17, 15) is 13.2 Å². The average Bonchev–Trinajstić information content (AvgIpc) is 3.13. The molecule has 1 N–H and O–H groups in total. The number of thiophene rings is 1. The molecule has 25 heavy (non-hydrogen) atoms. The molecule has 0 aliphatic carbocycles. The topological polar surface area (TPSA) is 66.5 Å². The molecule has 2 heterocycles. The fraction of sp³-hybridized carbons (Fsp3) is 0.312. The van der Waals surface area contributed by atoms with Crippen molar-refractivity contribution in [1.82, 2.24) is 4.31 Å². The van der Waals surface area contributed by atoms with E-state index in [0.29, 0.717) is 39.3 Å². The number of nitrogens with zero attached hydrogens (tertiary/aromatic N) is 1. The second kappa shape index (κ2) is 7.63. The molecule has 0 bridgehead atoms. The fourth-order valence-corrected chi connectivity index (χ4v) is 5.75. The predicted molar refractivity (Wildman–Crippen MR) is 101 cm³/mol. The largest absolute Gasteiger partial charge is 0.324 e. The van der Waals surface area contributed by atoms with Gasteiger partial charge in [0.2, 0.25) is 5.91 Å². The van der Waals surface area contributed by atoms with Gasteiger partial charge in [0.1, 0.15) is 4.21 Å². The first-order chi connectivity index (χ1) is 11.9. The number of halogens is 2. The summed E-state index contributed by atoms with van der Waals surface area (Å²) in [6, 6.07) is 8.09. The molecule has 1 saturated heterocycles. The van der Waals surface area contributed by atoms with Gasteiger partial charge in [0.15, 0.2) is 0 Å². The van der Waals surface area contributed by atoms with Crippen molar-refractivity contribution < 1.29 is 13.2 Å². The minimum atomic E-state index is -3.55. The monoisotopic (exact) mass is 418 g/mol. The highest BCUT2D eigenvalue weighted by Gasteiger charge is 2.33. The third-order valence-corrected chi connectivity index (χ3v) is 7.83. The molecule has 1 amide bonds. The van der Waals surface area contributed by atoms with Crippen molar-refractivity contribution in [3.05, 3.63) is 45.8 Å². The van der Waals surface area contributed by atoms with Gasteiger partial charge in [-0.3, -0.25) is 4.79 Å². The van der Waals surface area contributed by atoms with E-state index in [1.165, 1.54) is 15.6 Å². The summed E-state index contributed by atoms with van der Waals surface area (Å²) in [4.78, 5) is 12.6. The summed E-state index contributed by atoms with van der Waals surface area (Å²) in [6.45, 7) is 0.576. The molecule has 2 aromatic rings. The van der Waals surface area contributed by atoms with Crippen LogP contribution in [0.2, 0.25) is 10.0 Å². The molecule has 0 spiro atoms. The lowest BCUT2D eigenvalue weighted by Crippen LogP contribution is -2.43. The summed E-state index contributed by atoms with van der Waals surface area (Å²) in [7, 11) is -3.55. The summed E-state index contributed by atoms with van der Waals surface area (Å²) in [5, 5.41) is 5.33. The molecule has 0 saturated carbocycles. The Kier molecular flexibility index (Phi) is 5.70. The Morgan fingerprint density at radius 1 is 1.28 bits per heavy atom. The highest BCUT2D eigenvalue weighted by Crippen LogP contribution is 2.29. The Morgan fingerprint density at radius 3 is 2.80 bits per heavy atom. The Morgan fingerprint density at radius 2 is 2.08 bits per heavy atom. The van der Waals surface area contributed by atoms with Gasteiger partial charge in [0, 0.05) is 18.1 Å². The van der Waals surface area contributed by atoms with E-state index in [1.807, 2.05) is 0 Å². The summed E-state index contributed by atoms with van der Waals surface area (Å²) < 4.78 is 27.0. The summed E-state index contributed by atoms with van der Waals surface area (Å²) in [5.74, 6) is -0.686. The van der Waals surface area contributed by atoms with E-state index in [1.54, 1.807) is 35.7 Å². The number of benzene rings is 1. The Bertz CT molecular complexity index is 870. The number of piperidine rings is 1. The molecular formula is C16H16Cl2N2O3S2. The average molecular weight is 419 g/mol. The van der Waals surface area contributed by atoms with Crippen LogP contribution in [0.25, 0.3) is 0 Å². The Hall–Kier alpha value is -1.12. The molecule has 134 valence electrons. The number of nitrogens with one attached hydrogen (secondary N) is 1. The Labute approximate surface area is 160 Å². The first-order valence-corrected chi connectivity index (χ1v) is 10.7. The minimum absolute atomic E-state index is 0.157.